The average Bonchev–Trinajstić information content (AvgIpc) is 2.13. The summed E-state index contributed by atoms with van der Waals surface area (Å²) < 4.78 is 68.2. The van der Waals surface area contributed by atoms with Crippen LogP contribution >= 0.6 is 0 Å². The molecule has 139 valence electrons. The van der Waals surface area contributed by atoms with Crippen LogP contribution < -0.4 is 69.3 Å². The minimum atomic E-state index is -5.17. The number of aliphatic carboxylic acids is 2. The maximum Gasteiger partial charge on any atom is 2.00 e. The molecule has 0 saturated carbocycles. The van der Waals surface area contributed by atoms with E-state index in [4.69, 9.17) is 35.0 Å². The SMILES string of the molecule is CCC(=O)[O-].CCC(=O)[O-].O=S(=O)([O-])[O-].O=S(=O)([O-])[O-].[Cu+2].[Fe+2].[Na+].[Na+]. The average molecular weight is 504 g/mol. The number of carboxylic acid groups (broad SMARTS) is 2. The largest absolute Gasteiger partial charge is 2.00 e. The molecule has 1 radical (unpaired) electrons. The second-order valence-electron chi connectivity index (χ2n) is 2.27. The molecule has 0 aromatic rings. The molecule has 24 heavy (non-hydrogen) atoms. The van der Waals surface area contributed by atoms with Crippen molar-refractivity contribution in [3.8, 4) is 0 Å². The summed E-state index contributed by atoms with van der Waals surface area (Å²) in [5.74, 6) is -1.99. The molecule has 0 atom stereocenters. The molecule has 0 spiro atoms. The summed E-state index contributed by atoms with van der Waals surface area (Å²) in [5, 5.41) is 18.5. The van der Waals surface area contributed by atoms with Gasteiger partial charge in [0.15, 0.2) is 0 Å². The van der Waals surface area contributed by atoms with Gasteiger partial charge >= 0.3 is 93.3 Å². The molecule has 0 fully saturated rings. The number of hydrogen-bond donors (Lipinski definition) is 0. The first-order valence-electron chi connectivity index (χ1n) is 4.27. The van der Waals surface area contributed by atoms with Gasteiger partial charge in [-0.15, -0.1) is 0 Å². The molecule has 0 N–H and O–H groups in total. The van der Waals surface area contributed by atoms with Crippen molar-refractivity contribution in [2.45, 2.75) is 26.7 Å². The smallest absolute Gasteiger partial charge is 0.759 e. The molecule has 0 saturated heterocycles. The standard InChI is InChI=1S/2C3H6O2.Cu.Fe.2Na.2H2O4S/c2*1-2-3(4)5;;;;;2*1-5(2,3)4/h2*2H2,1H3,(H,4,5);;;;;2*(H2,1,2,3,4)/q;;2*+2;2*+1;;/p-6. The molecule has 0 bridgehead atoms. The number of carbonyl (C=O) groups is 2. The fourth-order valence-electron chi connectivity index (χ4n) is 0. The summed E-state index contributed by atoms with van der Waals surface area (Å²) in [6.45, 7) is 3.07. The first-order chi connectivity index (χ1) is 8.54. The predicted octanol–water partition coefficient (Wildman–Crippen LogP) is -10.4. The number of carboxylic acids is 2. The summed E-state index contributed by atoms with van der Waals surface area (Å²) in [6, 6.07) is 0. The van der Waals surface area contributed by atoms with Crippen LogP contribution in [-0.2, 0) is 64.5 Å². The van der Waals surface area contributed by atoms with Gasteiger partial charge in [-0.1, -0.05) is 13.8 Å². The molecule has 0 unspecified atom stereocenters. The van der Waals surface area contributed by atoms with Crippen molar-refractivity contribution in [2.24, 2.45) is 0 Å². The number of carbonyl (C=O) groups excluding carboxylic acids is 2. The van der Waals surface area contributed by atoms with Gasteiger partial charge in [0, 0.05) is 32.7 Å². The van der Waals surface area contributed by atoms with Gasteiger partial charge in [-0.25, -0.2) is 0 Å². The van der Waals surface area contributed by atoms with Gasteiger partial charge in [0.2, 0.25) is 0 Å². The molecule has 0 heterocycles. The minimum absolute atomic E-state index is 0. The predicted molar refractivity (Wildman–Crippen MR) is 51.5 cm³/mol. The van der Waals surface area contributed by atoms with Crippen molar-refractivity contribution in [3.05, 3.63) is 0 Å². The Morgan fingerprint density at radius 3 is 0.750 bits per heavy atom. The van der Waals surface area contributed by atoms with E-state index in [-0.39, 0.29) is 106 Å². The first kappa shape index (κ1) is 50.1. The Labute approximate surface area is 205 Å². The zero-order valence-corrected chi connectivity index (χ0v) is 20.5. The van der Waals surface area contributed by atoms with Gasteiger partial charge in [-0.05, 0) is 12.8 Å². The van der Waals surface area contributed by atoms with Crippen molar-refractivity contribution in [1.29, 1.82) is 0 Å². The molecule has 18 heteroatoms. The molecule has 0 aliphatic rings. The van der Waals surface area contributed by atoms with Crippen molar-refractivity contribution >= 4 is 32.7 Å². The van der Waals surface area contributed by atoms with E-state index >= 15 is 0 Å². The quantitative estimate of drug-likeness (QED) is 0.194. The Kier molecular flexibility index (Phi) is 61.5. The van der Waals surface area contributed by atoms with Gasteiger partial charge in [-0.2, -0.15) is 0 Å². The van der Waals surface area contributed by atoms with Crippen LogP contribution in [0, 0.1) is 0 Å². The van der Waals surface area contributed by atoms with Crippen molar-refractivity contribution in [2.75, 3.05) is 0 Å². The van der Waals surface area contributed by atoms with Crippen LogP contribution in [0.2, 0.25) is 0 Å². The van der Waals surface area contributed by atoms with Crippen LogP contribution in [0.15, 0.2) is 0 Å². The summed E-state index contributed by atoms with van der Waals surface area (Å²) in [4.78, 5) is 18.5. The maximum atomic E-state index is 9.26. The van der Waals surface area contributed by atoms with E-state index in [0.717, 1.165) is 0 Å². The first-order valence-corrected chi connectivity index (χ1v) is 6.94. The van der Waals surface area contributed by atoms with Gasteiger partial charge < -0.3 is 38.0 Å². The van der Waals surface area contributed by atoms with E-state index in [1.54, 1.807) is 0 Å². The Morgan fingerprint density at radius 2 is 0.750 bits per heavy atom. The van der Waals surface area contributed by atoms with Crippen LogP contribution in [0.3, 0.4) is 0 Å². The Balaban J connectivity index is -0.0000000225. The summed E-state index contributed by atoms with van der Waals surface area (Å²) in [7, 11) is -10.3. The molecule has 0 aromatic heterocycles. The van der Waals surface area contributed by atoms with E-state index in [2.05, 4.69) is 0 Å². The fraction of sp³-hybridized carbons (Fsp3) is 0.667. The Morgan fingerprint density at radius 1 is 0.708 bits per heavy atom. The molecule has 0 aromatic carbocycles. The molecular weight excluding hydrogens is 494 g/mol. The zero-order chi connectivity index (χ0) is 17.6. The molecule has 0 rings (SSSR count). The summed E-state index contributed by atoms with van der Waals surface area (Å²) in [5.41, 5.74) is 0. The van der Waals surface area contributed by atoms with E-state index in [9.17, 15) is 19.8 Å². The molecule has 12 nitrogen and oxygen atoms in total. The third-order valence-corrected chi connectivity index (χ3v) is 0.577. The van der Waals surface area contributed by atoms with Crippen LogP contribution in [0.5, 0.6) is 0 Å². The zero-order valence-electron chi connectivity index (χ0n) is 12.8. The van der Waals surface area contributed by atoms with Gasteiger partial charge in [-0.3, -0.25) is 16.8 Å². The molecular formula is C6H10CuFeNa2O12S2. The summed E-state index contributed by atoms with van der Waals surface area (Å²) in [6.07, 6.45) is 0.222. The summed E-state index contributed by atoms with van der Waals surface area (Å²) >= 11 is 0. The van der Waals surface area contributed by atoms with Gasteiger partial charge in [0.25, 0.3) is 0 Å². The normalized spacial score (nSPS) is 7.92. The van der Waals surface area contributed by atoms with E-state index in [1.165, 1.54) is 13.8 Å². The monoisotopic (exact) mass is 503 g/mol. The van der Waals surface area contributed by atoms with Crippen molar-refractivity contribution in [3.63, 3.8) is 0 Å². The van der Waals surface area contributed by atoms with Gasteiger partial charge in [0.1, 0.15) is 0 Å². The second-order valence-corrected chi connectivity index (χ2v) is 3.90. The molecule has 0 amide bonds. The van der Waals surface area contributed by atoms with Crippen molar-refractivity contribution < 1.29 is 148 Å². The number of rotatable bonds is 2. The molecule has 0 aliphatic carbocycles. The maximum absolute atomic E-state index is 9.26. The van der Waals surface area contributed by atoms with Gasteiger partial charge in [0.05, 0.1) is 0 Å². The van der Waals surface area contributed by atoms with E-state index < -0.39 is 32.7 Å². The second kappa shape index (κ2) is 29.5. The van der Waals surface area contributed by atoms with E-state index in [0.29, 0.717) is 0 Å². The Bertz CT molecular complexity index is 408. The van der Waals surface area contributed by atoms with Crippen LogP contribution in [0.25, 0.3) is 0 Å². The van der Waals surface area contributed by atoms with Crippen LogP contribution in [-0.4, -0.2) is 47.0 Å². The third kappa shape index (κ3) is 374. The minimum Gasteiger partial charge on any atom is -0.759 e. The molecule has 0 aliphatic heterocycles. The third-order valence-electron chi connectivity index (χ3n) is 0.577. The van der Waals surface area contributed by atoms with Crippen molar-refractivity contribution in [1.82, 2.24) is 0 Å². The van der Waals surface area contributed by atoms with Crippen LogP contribution in [0.1, 0.15) is 26.7 Å². The van der Waals surface area contributed by atoms with E-state index in [1.807, 2.05) is 0 Å². The van der Waals surface area contributed by atoms with Crippen LogP contribution in [0.4, 0.5) is 0 Å². The topological polar surface area (TPSA) is 241 Å². The fourth-order valence-corrected chi connectivity index (χ4v) is 0. The Hall–Kier alpha value is 1.72. The number of hydrogen-bond acceptors (Lipinski definition) is 12.